The highest BCUT2D eigenvalue weighted by atomic mass is 19.1. The number of hydrogen-bond acceptors (Lipinski definition) is 3. The summed E-state index contributed by atoms with van der Waals surface area (Å²) in [5.74, 6) is 0.120. The van der Waals surface area contributed by atoms with Crippen molar-refractivity contribution in [2.75, 3.05) is 19.6 Å². The number of amides is 2. The standard InChI is InChI=1S/C21H23FN2O3/c22-18-6-4-5-16(15-18)9-12-23-20(25)17-10-13-24(14-11-17)21(26)27-19-7-2-1-3-8-19/h1-8,15,17H,9-14H2,(H,23,25). The Bertz CT molecular complexity index is 774. The highest BCUT2D eigenvalue weighted by Gasteiger charge is 2.28. The van der Waals surface area contributed by atoms with Crippen molar-refractivity contribution in [3.05, 3.63) is 66.0 Å². The first kappa shape index (κ1) is 18.9. The van der Waals surface area contributed by atoms with E-state index in [0.717, 1.165) is 5.56 Å². The van der Waals surface area contributed by atoms with E-state index in [1.54, 1.807) is 23.1 Å². The monoisotopic (exact) mass is 370 g/mol. The summed E-state index contributed by atoms with van der Waals surface area (Å²) in [6.45, 7) is 1.46. The summed E-state index contributed by atoms with van der Waals surface area (Å²) in [4.78, 5) is 26.1. The Morgan fingerprint density at radius 2 is 1.81 bits per heavy atom. The van der Waals surface area contributed by atoms with Crippen LogP contribution in [0.25, 0.3) is 0 Å². The van der Waals surface area contributed by atoms with Crippen molar-refractivity contribution >= 4 is 12.0 Å². The summed E-state index contributed by atoms with van der Waals surface area (Å²) in [5, 5.41) is 2.91. The Morgan fingerprint density at radius 1 is 1.07 bits per heavy atom. The Kier molecular flexibility index (Phi) is 6.41. The van der Waals surface area contributed by atoms with Crippen LogP contribution in [0.3, 0.4) is 0 Å². The fourth-order valence-electron chi connectivity index (χ4n) is 3.15. The van der Waals surface area contributed by atoms with Crippen LogP contribution in [0.4, 0.5) is 9.18 Å². The van der Waals surface area contributed by atoms with Gasteiger partial charge in [0, 0.05) is 25.6 Å². The van der Waals surface area contributed by atoms with Crippen molar-refractivity contribution in [3.8, 4) is 5.75 Å². The molecule has 2 amide bonds. The molecule has 6 heteroatoms. The van der Waals surface area contributed by atoms with E-state index < -0.39 is 0 Å². The van der Waals surface area contributed by atoms with Crippen LogP contribution in [-0.4, -0.2) is 36.5 Å². The summed E-state index contributed by atoms with van der Waals surface area (Å²) in [7, 11) is 0. The molecule has 3 rings (SSSR count). The summed E-state index contributed by atoms with van der Waals surface area (Å²) < 4.78 is 18.5. The Balaban J connectivity index is 1.39. The molecule has 1 aliphatic rings. The average molecular weight is 370 g/mol. The molecule has 0 bridgehead atoms. The van der Waals surface area contributed by atoms with Crippen LogP contribution in [0.5, 0.6) is 5.75 Å². The molecule has 0 atom stereocenters. The molecule has 0 spiro atoms. The van der Waals surface area contributed by atoms with Crippen molar-refractivity contribution in [2.24, 2.45) is 5.92 Å². The van der Waals surface area contributed by atoms with Crippen molar-refractivity contribution in [3.63, 3.8) is 0 Å². The highest BCUT2D eigenvalue weighted by Crippen LogP contribution is 2.19. The van der Waals surface area contributed by atoms with E-state index >= 15 is 0 Å². The van der Waals surface area contributed by atoms with Crippen LogP contribution < -0.4 is 10.1 Å². The van der Waals surface area contributed by atoms with Gasteiger partial charge in [-0.3, -0.25) is 4.79 Å². The normalized spacial score (nSPS) is 14.6. The SMILES string of the molecule is O=C(NCCc1cccc(F)c1)C1CCN(C(=O)Oc2ccccc2)CC1. The van der Waals surface area contributed by atoms with Gasteiger partial charge in [0.1, 0.15) is 11.6 Å². The van der Waals surface area contributed by atoms with Gasteiger partial charge in [0.25, 0.3) is 0 Å². The highest BCUT2D eigenvalue weighted by molar-refractivity contribution is 5.79. The number of piperidine rings is 1. The van der Waals surface area contributed by atoms with Gasteiger partial charge in [-0.05, 0) is 49.1 Å². The molecule has 0 aromatic heterocycles. The maximum Gasteiger partial charge on any atom is 0.415 e. The topological polar surface area (TPSA) is 58.6 Å². The Hall–Kier alpha value is -2.89. The first-order valence-electron chi connectivity index (χ1n) is 9.16. The number of para-hydroxylation sites is 1. The van der Waals surface area contributed by atoms with E-state index in [1.807, 2.05) is 24.3 Å². The third-order valence-corrected chi connectivity index (χ3v) is 4.67. The fraction of sp³-hybridized carbons (Fsp3) is 0.333. The molecule has 1 saturated heterocycles. The summed E-state index contributed by atoms with van der Waals surface area (Å²) in [6, 6.07) is 15.3. The number of halogens is 1. The second-order valence-electron chi connectivity index (χ2n) is 6.61. The van der Waals surface area contributed by atoms with Gasteiger partial charge in [0.15, 0.2) is 0 Å². The number of rotatable bonds is 5. The minimum atomic E-state index is -0.383. The number of nitrogens with one attached hydrogen (secondary N) is 1. The molecule has 1 heterocycles. The van der Waals surface area contributed by atoms with Crippen LogP contribution >= 0.6 is 0 Å². The largest absolute Gasteiger partial charge is 0.415 e. The maximum absolute atomic E-state index is 13.2. The number of likely N-dealkylation sites (tertiary alicyclic amines) is 1. The molecular weight excluding hydrogens is 347 g/mol. The third kappa shape index (κ3) is 5.54. The zero-order valence-corrected chi connectivity index (χ0v) is 15.1. The zero-order chi connectivity index (χ0) is 19.1. The molecule has 1 aliphatic heterocycles. The van der Waals surface area contributed by atoms with Gasteiger partial charge >= 0.3 is 6.09 Å². The van der Waals surface area contributed by atoms with Gasteiger partial charge in [-0.25, -0.2) is 9.18 Å². The maximum atomic E-state index is 13.2. The summed E-state index contributed by atoms with van der Waals surface area (Å²) >= 11 is 0. The van der Waals surface area contributed by atoms with Gasteiger partial charge in [0.2, 0.25) is 5.91 Å². The molecule has 0 aliphatic carbocycles. The van der Waals surface area contributed by atoms with Crippen LogP contribution in [0, 0.1) is 11.7 Å². The molecule has 1 fully saturated rings. The van der Waals surface area contributed by atoms with Gasteiger partial charge in [0.05, 0.1) is 0 Å². The molecule has 0 saturated carbocycles. The lowest BCUT2D eigenvalue weighted by Crippen LogP contribution is -2.44. The molecule has 1 N–H and O–H groups in total. The Labute approximate surface area is 158 Å². The van der Waals surface area contributed by atoms with E-state index in [2.05, 4.69) is 5.32 Å². The van der Waals surface area contributed by atoms with Crippen LogP contribution in [-0.2, 0) is 11.2 Å². The fourth-order valence-corrected chi connectivity index (χ4v) is 3.15. The zero-order valence-electron chi connectivity index (χ0n) is 15.1. The molecule has 142 valence electrons. The molecule has 0 unspecified atom stereocenters. The van der Waals surface area contributed by atoms with Crippen molar-refractivity contribution in [2.45, 2.75) is 19.3 Å². The quantitative estimate of drug-likeness (QED) is 0.878. The predicted octanol–water partition coefficient (Wildman–Crippen LogP) is 3.40. The number of hydrogen-bond donors (Lipinski definition) is 1. The van der Waals surface area contributed by atoms with E-state index in [0.29, 0.717) is 44.6 Å². The van der Waals surface area contributed by atoms with Crippen molar-refractivity contribution in [1.29, 1.82) is 0 Å². The van der Waals surface area contributed by atoms with E-state index in [1.165, 1.54) is 12.1 Å². The lowest BCUT2D eigenvalue weighted by atomic mass is 9.96. The van der Waals surface area contributed by atoms with Crippen LogP contribution in [0.1, 0.15) is 18.4 Å². The number of carbonyl (C=O) groups excluding carboxylic acids is 2. The first-order chi connectivity index (χ1) is 13.1. The summed E-state index contributed by atoms with van der Waals surface area (Å²) in [5.41, 5.74) is 0.855. The van der Waals surface area contributed by atoms with Gasteiger partial charge in [-0.15, -0.1) is 0 Å². The summed E-state index contributed by atoms with van der Waals surface area (Å²) in [6.07, 6.45) is 1.42. The molecule has 2 aromatic rings. The predicted molar refractivity (Wildman–Crippen MR) is 99.9 cm³/mol. The minimum Gasteiger partial charge on any atom is -0.410 e. The number of benzene rings is 2. The van der Waals surface area contributed by atoms with Gasteiger partial charge in [-0.1, -0.05) is 30.3 Å². The average Bonchev–Trinajstić information content (AvgIpc) is 2.69. The molecule has 27 heavy (non-hydrogen) atoms. The van der Waals surface area contributed by atoms with Crippen LogP contribution in [0.2, 0.25) is 0 Å². The van der Waals surface area contributed by atoms with E-state index in [9.17, 15) is 14.0 Å². The van der Waals surface area contributed by atoms with E-state index in [4.69, 9.17) is 4.74 Å². The lowest BCUT2D eigenvalue weighted by molar-refractivity contribution is -0.126. The van der Waals surface area contributed by atoms with Gasteiger partial charge in [-0.2, -0.15) is 0 Å². The second kappa shape index (κ2) is 9.16. The van der Waals surface area contributed by atoms with Crippen molar-refractivity contribution in [1.82, 2.24) is 10.2 Å². The molecule has 2 aromatic carbocycles. The van der Waals surface area contributed by atoms with Gasteiger partial charge < -0.3 is 15.0 Å². The number of nitrogens with zero attached hydrogens (tertiary/aromatic N) is 1. The lowest BCUT2D eigenvalue weighted by Gasteiger charge is -2.30. The molecular formula is C21H23FN2O3. The number of carbonyl (C=O) groups is 2. The minimum absolute atomic E-state index is 0.0116. The number of ether oxygens (including phenoxy) is 1. The molecule has 5 nitrogen and oxygen atoms in total. The third-order valence-electron chi connectivity index (χ3n) is 4.67. The van der Waals surface area contributed by atoms with E-state index in [-0.39, 0.29) is 23.7 Å². The van der Waals surface area contributed by atoms with Crippen molar-refractivity contribution < 1.29 is 18.7 Å². The van der Waals surface area contributed by atoms with Crippen LogP contribution in [0.15, 0.2) is 54.6 Å². The Morgan fingerprint density at radius 3 is 2.52 bits per heavy atom. The smallest absolute Gasteiger partial charge is 0.410 e. The molecule has 0 radical (unpaired) electrons. The first-order valence-corrected chi connectivity index (χ1v) is 9.16. The second-order valence-corrected chi connectivity index (χ2v) is 6.61.